The summed E-state index contributed by atoms with van der Waals surface area (Å²) in [7, 11) is 0. The lowest BCUT2D eigenvalue weighted by atomic mass is 10.3. The van der Waals surface area contributed by atoms with Crippen LogP contribution in [0.15, 0.2) is 18.3 Å². The van der Waals surface area contributed by atoms with Gasteiger partial charge in [-0.15, -0.1) is 0 Å². The van der Waals surface area contributed by atoms with Crippen LogP contribution >= 0.6 is 0 Å². The Morgan fingerprint density at radius 1 is 1.43 bits per heavy atom. The van der Waals surface area contributed by atoms with Crippen LogP contribution in [0, 0.1) is 11.0 Å². The molecule has 1 fully saturated rings. The quantitative estimate of drug-likeness (QED) is 0.503. The van der Waals surface area contributed by atoms with Crippen LogP contribution in [0.5, 0.6) is 0 Å². The van der Waals surface area contributed by atoms with Gasteiger partial charge >= 0.3 is 5.82 Å². The molecule has 4 nitrogen and oxygen atoms in total. The van der Waals surface area contributed by atoms with Crippen LogP contribution in [0.4, 0.5) is 10.2 Å². The first-order chi connectivity index (χ1) is 6.79. The molecule has 0 atom stereocenters. The van der Waals surface area contributed by atoms with E-state index in [1.165, 1.54) is 18.3 Å². The number of hydrogen-bond donors (Lipinski definition) is 1. The second kappa shape index (κ2) is 3.79. The van der Waals surface area contributed by atoms with Gasteiger partial charge < -0.3 is 10.5 Å². The third kappa shape index (κ3) is 1.63. The largest absolute Gasteiger partial charge is 0.711 e. The monoisotopic (exact) mass is 197 g/mol. The lowest BCUT2D eigenvalue weighted by Crippen LogP contribution is -2.48. The Morgan fingerprint density at radius 2 is 2.14 bits per heavy atom. The second-order valence-electron chi connectivity index (χ2n) is 3.24. The number of nitrogens with one attached hydrogen (secondary N) is 1. The third-order valence-corrected chi connectivity index (χ3v) is 2.30. The zero-order valence-electron chi connectivity index (χ0n) is 7.74. The van der Waals surface area contributed by atoms with E-state index >= 15 is 0 Å². The number of pyridine rings is 1. The summed E-state index contributed by atoms with van der Waals surface area (Å²) in [6.07, 6.45) is 1.32. The highest BCUT2D eigenvalue weighted by molar-refractivity contribution is 5.35. The van der Waals surface area contributed by atoms with Gasteiger partial charge in [0.15, 0.2) is 0 Å². The average molecular weight is 197 g/mol. The molecule has 1 aliphatic heterocycles. The first-order valence-corrected chi connectivity index (χ1v) is 4.62. The van der Waals surface area contributed by atoms with Crippen LogP contribution in [0.3, 0.4) is 0 Å². The number of rotatable bonds is 1. The molecule has 0 aromatic carbocycles. The molecule has 1 saturated heterocycles. The van der Waals surface area contributed by atoms with Crippen molar-refractivity contribution in [3.8, 4) is 0 Å². The average Bonchev–Trinajstić information content (AvgIpc) is 2.19. The Kier molecular flexibility index (Phi) is 2.49. The summed E-state index contributed by atoms with van der Waals surface area (Å²) in [4.78, 5) is 1.76. The standard InChI is InChI=1S/C9H12FN3O/c10-8-2-1-5-13(14)9(8)12-6-3-11-4-7-12/h1-2,5,11H,3-4,6-7H2. The minimum Gasteiger partial charge on any atom is -0.711 e. The van der Waals surface area contributed by atoms with Crippen LogP contribution in [0.1, 0.15) is 0 Å². The summed E-state index contributed by atoms with van der Waals surface area (Å²) < 4.78 is 13.9. The van der Waals surface area contributed by atoms with Crippen molar-refractivity contribution in [2.75, 3.05) is 31.1 Å². The van der Waals surface area contributed by atoms with E-state index in [1.54, 1.807) is 4.90 Å². The second-order valence-corrected chi connectivity index (χ2v) is 3.24. The van der Waals surface area contributed by atoms with E-state index in [0.29, 0.717) is 17.8 Å². The molecule has 2 heterocycles. The fourth-order valence-corrected chi connectivity index (χ4v) is 1.62. The van der Waals surface area contributed by atoms with Crippen LogP contribution in [-0.4, -0.2) is 26.2 Å². The predicted octanol–water partition coefficient (Wildman–Crippen LogP) is -0.131. The molecule has 1 N–H and O–H groups in total. The molecule has 0 saturated carbocycles. The van der Waals surface area contributed by atoms with Gasteiger partial charge in [-0.1, -0.05) is 0 Å². The van der Waals surface area contributed by atoms with Crippen molar-refractivity contribution in [2.45, 2.75) is 0 Å². The smallest absolute Gasteiger partial charge is 0.316 e. The van der Waals surface area contributed by atoms with Crippen molar-refractivity contribution in [1.82, 2.24) is 5.32 Å². The van der Waals surface area contributed by atoms with Crippen molar-refractivity contribution in [3.05, 3.63) is 29.4 Å². The molecule has 14 heavy (non-hydrogen) atoms. The minimum atomic E-state index is -0.454. The minimum absolute atomic E-state index is 0.133. The van der Waals surface area contributed by atoms with Crippen LogP contribution in [0.2, 0.25) is 0 Å². The first kappa shape index (κ1) is 9.21. The van der Waals surface area contributed by atoms with E-state index in [1.807, 2.05) is 0 Å². The van der Waals surface area contributed by atoms with Crippen molar-refractivity contribution < 1.29 is 9.12 Å². The normalized spacial score (nSPS) is 17.1. The number of aromatic nitrogens is 1. The number of hydrogen-bond acceptors (Lipinski definition) is 3. The van der Waals surface area contributed by atoms with E-state index in [0.717, 1.165) is 13.1 Å². The molecule has 0 spiro atoms. The Bertz CT molecular complexity index is 306. The number of piperazine rings is 1. The maximum Gasteiger partial charge on any atom is 0.316 e. The van der Waals surface area contributed by atoms with E-state index in [4.69, 9.17) is 0 Å². The van der Waals surface area contributed by atoms with E-state index < -0.39 is 5.82 Å². The van der Waals surface area contributed by atoms with Crippen molar-refractivity contribution >= 4 is 5.82 Å². The van der Waals surface area contributed by atoms with E-state index in [-0.39, 0.29) is 5.82 Å². The molecular weight excluding hydrogens is 185 g/mol. The summed E-state index contributed by atoms with van der Waals surface area (Å²) in [5, 5.41) is 14.5. The highest BCUT2D eigenvalue weighted by Crippen LogP contribution is 2.13. The lowest BCUT2D eigenvalue weighted by molar-refractivity contribution is -0.593. The molecular formula is C9H12FN3O. The van der Waals surface area contributed by atoms with Gasteiger partial charge in [0.05, 0.1) is 19.3 Å². The summed E-state index contributed by atoms with van der Waals surface area (Å²) in [5.74, 6) is -0.321. The summed E-state index contributed by atoms with van der Waals surface area (Å²) in [6, 6.07) is 2.72. The highest BCUT2D eigenvalue weighted by atomic mass is 19.1. The van der Waals surface area contributed by atoms with Crippen LogP contribution < -0.4 is 14.9 Å². The Balaban J connectivity index is 2.29. The van der Waals surface area contributed by atoms with Gasteiger partial charge in [-0.25, -0.2) is 4.73 Å². The van der Waals surface area contributed by atoms with Gasteiger partial charge in [0.25, 0.3) is 0 Å². The number of halogens is 1. The summed E-state index contributed by atoms with van der Waals surface area (Å²) in [5.41, 5.74) is 0. The zero-order chi connectivity index (χ0) is 9.97. The molecule has 0 amide bonds. The molecule has 0 unspecified atom stereocenters. The molecule has 2 rings (SSSR count). The molecule has 0 radical (unpaired) electrons. The molecule has 1 aromatic rings. The van der Waals surface area contributed by atoms with Gasteiger partial charge in [-0.3, -0.25) is 4.90 Å². The van der Waals surface area contributed by atoms with Crippen molar-refractivity contribution in [2.24, 2.45) is 0 Å². The Morgan fingerprint density at radius 3 is 2.79 bits per heavy atom. The molecule has 1 aromatic heterocycles. The zero-order valence-corrected chi connectivity index (χ0v) is 7.74. The van der Waals surface area contributed by atoms with E-state index in [9.17, 15) is 9.60 Å². The topological polar surface area (TPSA) is 42.2 Å². The maximum absolute atomic E-state index is 13.4. The maximum atomic E-state index is 13.4. The van der Waals surface area contributed by atoms with Gasteiger partial charge in [0.2, 0.25) is 5.82 Å². The predicted molar refractivity (Wildman–Crippen MR) is 50.4 cm³/mol. The molecule has 76 valence electrons. The van der Waals surface area contributed by atoms with Gasteiger partial charge in [-0.05, 0) is 12.1 Å². The fourth-order valence-electron chi connectivity index (χ4n) is 1.62. The summed E-state index contributed by atoms with van der Waals surface area (Å²) in [6.45, 7) is 2.91. The van der Waals surface area contributed by atoms with Gasteiger partial charge in [0, 0.05) is 13.1 Å². The third-order valence-electron chi connectivity index (χ3n) is 2.30. The van der Waals surface area contributed by atoms with Crippen LogP contribution in [-0.2, 0) is 0 Å². The molecule has 5 heteroatoms. The Hall–Kier alpha value is -1.36. The van der Waals surface area contributed by atoms with Gasteiger partial charge in [-0.2, -0.15) is 4.39 Å². The summed E-state index contributed by atoms with van der Waals surface area (Å²) >= 11 is 0. The van der Waals surface area contributed by atoms with E-state index in [2.05, 4.69) is 5.32 Å². The first-order valence-electron chi connectivity index (χ1n) is 4.62. The van der Waals surface area contributed by atoms with Crippen molar-refractivity contribution in [3.63, 3.8) is 0 Å². The SMILES string of the molecule is [O-][n+]1cccc(F)c1N1CCNCC1. The molecule has 1 aliphatic rings. The molecule has 0 aliphatic carbocycles. The van der Waals surface area contributed by atoms with Crippen LogP contribution in [0.25, 0.3) is 0 Å². The fraction of sp³-hybridized carbons (Fsp3) is 0.444. The lowest BCUT2D eigenvalue weighted by Gasteiger charge is -2.24. The number of anilines is 1. The van der Waals surface area contributed by atoms with Gasteiger partial charge in [0.1, 0.15) is 0 Å². The van der Waals surface area contributed by atoms with Crippen molar-refractivity contribution in [1.29, 1.82) is 0 Å². The Labute approximate surface area is 81.5 Å². The highest BCUT2D eigenvalue weighted by Gasteiger charge is 2.23. The molecule has 0 bridgehead atoms. The number of nitrogens with zero attached hydrogens (tertiary/aromatic N) is 2.